The Morgan fingerprint density at radius 1 is 1.21 bits per heavy atom. The highest BCUT2D eigenvalue weighted by Gasteiger charge is 2.23. The molecule has 1 aromatic rings. The molecule has 1 atom stereocenters. The van der Waals surface area contributed by atoms with E-state index < -0.39 is 6.10 Å². The fourth-order valence-electron chi connectivity index (χ4n) is 1.73. The third kappa shape index (κ3) is 4.81. The molecule has 19 heavy (non-hydrogen) atoms. The molecule has 0 unspecified atom stereocenters. The van der Waals surface area contributed by atoms with Gasteiger partial charge in [-0.25, -0.2) is 4.79 Å². The van der Waals surface area contributed by atoms with Crippen molar-refractivity contribution in [2.45, 2.75) is 33.3 Å². The number of methoxy groups -OCH3 is 1. The average Bonchev–Trinajstić information content (AvgIpc) is 2.39. The predicted octanol–water partition coefficient (Wildman–Crippen LogP) is 3.05. The number of hydrogen-bond acceptors (Lipinski definition) is 4. The van der Waals surface area contributed by atoms with E-state index in [-0.39, 0.29) is 5.97 Å². The van der Waals surface area contributed by atoms with E-state index in [0.29, 0.717) is 30.4 Å². The first kappa shape index (κ1) is 15.3. The first-order chi connectivity index (χ1) is 9.08. The van der Waals surface area contributed by atoms with E-state index in [0.717, 1.165) is 0 Å². The van der Waals surface area contributed by atoms with Crippen molar-refractivity contribution in [2.75, 3.05) is 13.7 Å². The molecule has 0 fully saturated rings. The Labute approximate surface area is 114 Å². The maximum absolute atomic E-state index is 11.7. The van der Waals surface area contributed by atoms with Gasteiger partial charge in [-0.05, 0) is 31.4 Å². The summed E-state index contributed by atoms with van der Waals surface area (Å²) in [6.45, 7) is 6.53. The molecule has 0 aliphatic heterocycles. The van der Waals surface area contributed by atoms with Crippen molar-refractivity contribution in [2.24, 2.45) is 5.92 Å². The van der Waals surface area contributed by atoms with E-state index >= 15 is 0 Å². The van der Waals surface area contributed by atoms with Crippen LogP contribution < -0.4 is 9.47 Å². The molecular formula is C15H22O4. The molecule has 0 saturated heterocycles. The minimum absolute atomic E-state index is 0.336. The fourth-order valence-corrected chi connectivity index (χ4v) is 1.73. The SMILES string of the molecule is CCOc1ccccc1O[C@H](CC(C)C)C(=O)OC. The molecule has 0 amide bonds. The zero-order valence-corrected chi connectivity index (χ0v) is 12.0. The highest BCUT2D eigenvalue weighted by molar-refractivity contribution is 5.75. The molecule has 0 bridgehead atoms. The Hall–Kier alpha value is -1.71. The summed E-state index contributed by atoms with van der Waals surface area (Å²) in [5, 5.41) is 0. The molecule has 0 aliphatic carbocycles. The van der Waals surface area contributed by atoms with Crippen LogP contribution in [-0.2, 0) is 9.53 Å². The van der Waals surface area contributed by atoms with Crippen LogP contribution in [0.25, 0.3) is 0 Å². The van der Waals surface area contributed by atoms with Crippen molar-refractivity contribution >= 4 is 5.97 Å². The molecule has 4 nitrogen and oxygen atoms in total. The van der Waals surface area contributed by atoms with Crippen LogP contribution in [0.4, 0.5) is 0 Å². The van der Waals surface area contributed by atoms with Crippen molar-refractivity contribution in [3.63, 3.8) is 0 Å². The number of rotatable bonds is 7. The maximum atomic E-state index is 11.7. The van der Waals surface area contributed by atoms with Crippen LogP contribution in [0.15, 0.2) is 24.3 Å². The molecule has 0 spiro atoms. The van der Waals surface area contributed by atoms with Crippen molar-refractivity contribution in [3.8, 4) is 11.5 Å². The lowest BCUT2D eigenvalue weighted by atomic mass is 10.1. The molecule has 106 valence electrons. The van der Waals surface area contributed by atoms with Crippen molar-refractivity contribution in [1.29, 1.82) is 0 Å². The Morgan fingerprint density at radius 2 is 1.84 bits per heavy atom. The van der Waals surface area contributed by atoms with E-state index in [2.05, 4.69) is 0 Å². The smallest absolute Gasteiger partial charge is 0.347 e. The Morgan fingerprint density at radius 3 is 2.37 bits per heavy atom. The highest BCUT2D eigenvalue weighted by Crippen LogP contribution is 2.28. The Bertz CT molecular complexity index is 401. The van der Waals surface area contributed by atoms with E-state index in [9.17, 15) is 4.79 Å². The van der Waals surface area contributed by atoms with Gasteiger partial charge in [0.05, 0.1) is 13.7 Å². The second-order valence-corrected chi connectivity index (χ2v) is 4.64. The zero-order valence-electron chi connectivity index (χ0n) is 12.0. The van der Waals surface area contributed by atoms with Gasteiger partial charge in [0.2, 0.25) is 0 Å². The molecular weight excluding hydrogens is 244 g/mol. The maximum Gasteiger partial charge on any atom is 0.347 e. The third-order valence-corrected chi connectivity index (χ3v) is 2.57. The van der Waals surface area contributed by atoms with Crippen molar-refractivity contribution in [1.82, 2.24) is 0 Å². The second-order valence-electron chi connectivity index (χ2n) is 4.64. The number of benzene rings is 1. The van der Waals surface area contributed by atoms with Crippen molar-refractivity contribution in [3.05, 3.63) is 24.3 Å². The lowest BCUT2D eigenvalue weighted by molar-refractivity contribution is -0.149. The Kier molecular flexibility index (Phi) is 6.19. The average molecular weight is 266 g/mol. The van der Waals surface area contributed by atoms with Gasteiger partial charge in [-0.15, -0.1) is 0 Å². The molecule has 4 heteroatoms. The van der Waals surface area contributed by atoms with Crippen LogP contribution in [0.1, 0.15) is 27.2 Å². The summed E-state index contributed by atoms with van der Waals surface area (Å²) in [6, 6.07) is 7.33. The van der Waals surface area contributed by atoms with Gasteiger partial charge in [-0.2, -0.15) is 0 Å². The number of carbonyl (C=O) groups is 1. The first-order valence-corrected chi connectivity index (χ1v) is 6.54. The predicted molar refractivity (Wildman–Crippen MR) is 73.5 cm³/mol. The van der Waals surface area contributed by atoms with Gasteiger partial charge in [0.15, 0.2) is 17.6 Å². The Balaban J connectivity index is 2.86. The van der Waals surface area contributed by atoms with Gasteiger partial charge >= 0.3 is 5.97 Å². The summed E-state index contributed by atoms with van der Waals surface area (Å²) in [7, 11) is 1.37. The van der Waals surface area contributed by atoms with Gasteiger partial charge in [0.1, 0.15) is 0 Å². The molecule has 0 saturated carbocycles. The number of para-hydroxylation sites is 2. The molecule has 0 aromatic heterocycles. The minimum Gasteiger partial charge on any atom is -0.490 e. The summed E-state index contributed by atoms with van der Waals surface area (Å²) in [4.78, 5) is 11.7. The number of hydrogen-bond donors (Lipinski definition) is 0. The van der Waals surface area contributed by atoms with E-state index in [4.69, 9.17) is 14.2 Å². The van der Waals surface area contributed by atoms with Gasteiger partial charge in [0, 0.05) is 0 Å². The monoisotopic (exact) mass is 266 g/mol. The standard InChI is InChI=1S/C15H22O4/c1-5-18-12-8-6-7-9-13(12)19-14(10-11(2)3)15(16)17-4/h6-9,11,14H,5,10H2,1-4H3/t14-/m1/s1. The van der Waals surface area contributed by atoms with Gasteiger partial charge in [-0.1, -0.05) is 26.0 Å². The summed E-state index contributed by atoms with van der Waals surface area (Å²) in [6.07, 6.45) is -0.000696. The van der Waals surface area contributed by atoms with Gasteiger partial charge in [0.25, 0.3) is 0 Å². The zero-order chi connectivity index (χ0) is 14.3. The lowest BCUT2D eigenvalue weighted by Gasteiger charge is -2.20. The summed E-state index contributed by atoms with van der Waals surface area (Å²) in [5.41, 5.74) is 0. The minimum atomic E-state index is -0.605. The highest BCUT2D eigenvalue weighted by atomic mass is 16.6. The number of esters is 1. The summed E-state index contributed by atoms with van der Waals surface area (Å²) < 4.78 is 16.0. The van der Waals surface area contributed by atoms with Crippen LogP contribution in [0.3, 0.4) is 0 Å². The van der Waals surface area contributed by atoms with E-state index in [1.807, 2.05) is 39.0 Å². The molecule has 0 N–H and O–H groups in total. The molecule has 1 aromatic carbocycles. The quantitative estimate of drug-likeness (QED) is 0.711. The number of ether oxygens (including phenoxy) is 3. The largest absolute Gasteiger partial charge is 0.490 e. The molecule has 0 radical (unpaired) electrons. The van der Waals surface area contributed by atoms with Crippen LogP contribution >= 0.6 is 0 Å². The van der Waals surface area contributed by atoms with Crippen LogP contribution in [0.5, 0.6) is 11.5 Å². The second kappa shape index (κ2) is 7.67. The molecule has 0 heterocycles. The number of carbonyl (C=O) groups excluding carboxylic acids is 1. The van der Waals surface area contributed by atoms with Gasteiger partial charge in [-0.3, -0.25) is 0 Å². The summed E-state index contributed by atoms with van der Waals surface area (Å²) >= 11 is 0. The fraction of sp³-hybridized carbons (Fsp3) is 0.533. The van der Waals surface area contributed by atoms with Gasteiger partial charge < -0.3 is 14.2 Å². The van der Waals surface area contributed by atoms with Crippen molar-refractivity contribution < 1.29 is 19.0 Å². The van der Waals surface area contributed by atoms with Crippen LogP contribution in [0, 0.1) is 5.92 Å². The third-order valence-electron chi connectivity index (χ3n) is 2.57. The van der Waals surface area contributed by atoms with E-state index in [1.165, 1.54) is 7.11 Å². The van der Waals surface area contributed by atoms with E-state index in [1.54, 1.807) is 6.07 Å². The van der Waals surface area contributed by atoms with Crippen LogP contribution in [0.2, 0.25) is 0 Å². The normalized spacial score (nSPS) is 12.1. The topological polar surface area (TPSA) is 44.8 Å². The first-order valence-electron chi connectivity index (χ1n) is 6.54. The molecule has 1 rings (SSSR count). The molecule has 0 aliphatic rings. The van der Waals surface area contributed by atoms with Crippen LogP contribution in [-0.4, -0.2) is 25.8 Å². The lowest BCUT2D eigenvalue weighted by Crippen LogP contribution is -2.30. The summed E-state index contributed by atoms with van der Waals surface area (Å²) in [5.74, 6) is 1.19.